The highest BCUT2D eigenvalue weighted by atomic mass is 16.6. The molecule has 0 fully saturated rings. The molecular formula is C38H64O3. The van der Waals surface area contributed by atoms with Gasteiger partial charge in [0.15, 0.2) is 0 Å². The third-order valence-corrected chi connectivity index (χ3v) is 7.33. The van der Waals surface area contributed by atoms with Crippen LogP contribution in [0.25, 0.3) is 0 Å². The first-order valence-electron chi connectivity index (χ1n) is 15.4. The Morgan fingerprint density at radius 1 is 0.415 bits per heavy atom. The van der Waals surface area contributed by atoms with Gasteiger partial charge in [-0.05, 0) is 123 Å². The van der Waals surface area contributed by atoms with Crippen molar-refractivity contribution in [3.63, 3.8) is 0 Å². The summed E-state index contributed by atoms with van der Waals surface area (Å²) >= 11 is 0. The van der Waals surface area contributed by atoms with Crippen LogP contribution in [0.15, 0.2) is 81.5 Å². The molecule has 0 aromatic rings. The van der Waals surface area contributed by atoms with Crippen LogP contribution in [0.5, 0.6) is 0 Å². The molecule has 3 heteroatoms. The second-order valence-electron chi connectivity index (χ2n) is 13.5. The zero-order valence-corrected chi connectivity index (χ0v) is 29.3. The summed E-state index contributed by atoms with van der Waals surface area (Å²) < 4.78 is 14.3. The van der Waals surface area contributed by atoms with Crippen molar-refractivity contribution in [2.24, 2.45) is 0 Å². The summed E-state index contributed by atoms with van der Waals surface area (Å²) in [5.41, 5.74) is 5.18. The summed E-state index contributed by atoms with van der Waals surface area (Å²) in [6.45, 7) is 30.3. The van der Waals surface area contributed by atoms with E-state index in [-0.39, 0.29) is 0 Å². The Bertz CT molecular complexity index is 960. The summed E-state index contributed by atoms with van der Waals surface area (Å²) in [5, 5.41) is 13.2. The molecule has 1 unspecified atom stereocenters. The molecule has 0 heterocycles. The lowest BCUT2D eigenvalue weighted by atomic mass is 9.62. The Balaban J connectivity index is 8.16. The van der Waals surface area contributed by atoms with Gasteiger partial charge in [0.05, 0.1) is 13.2 Å². The number of ether oxygens (including phenoxy) is 2. The van der Waals surface area contributed by atoms with Crippen LogP contribution in [0, 0.1) is 0 Å². The first kappa shape index (κ1) is 39.1. The van der Waals surface area contributed by atoms with Crippen molar-refractivity contribution >= 4 is 0 Å². The quantitative estimate of drug-likeness (QED) is 0.167. The summed E-state index contributed by atoms with van der Waals surface area (Å²) in [5.74, 6) is 0. The zero-order valence-electron chi connectivity index (χ0n) is 29.3. The van der Waals surface area contributed by atoms with Crippen LogP contribution in [0.3, 0.4) is 0 Å². The van der Waals surface area contributed by atoms with Gasteiger partial charge in [-0.1, -0.05) is 81.5 Å². The molecule has 0 aliphatic rings. The third-order valence-electron chi connectivity index (χ3n) is 7.33. The van der Waals surface area contributed by atoms with E-state index in [0.717, 1.165) is 0 Å². The smallest absolute Gasteiger partial charge is 0.131 e. The average Bonchev–Trinajstić information content (AvgIpc) is 2.84. The van der Waals surface area contributed by atoms with Crippen LogP contribution < -0.4 is 0 Å². The van der Waals surface area contributed by atoms with Crippen molar-refractivity contribution in [2.75, 3.05) is 13.2 Å². The van der Waals surface area contributed by atoms with Gasteiger partial charge in [0.2, 0.25) is 0 Å². The highest BCUT2D eigenvalue weighted by Crippen LogP contribution is 2.51. The van der Waals surface area contributed by atoms with Crippen molar-refractivity contribution in [1.82, 2.24) is 0 Å². The highest BCUT2D eigenvalue weighted by molar-refractivity contribution is 5.25. The highest BCUT2D eigenvalue weighted by Gasteiger charge is 2.62. The van der Waals surface area contributed by atoms with Gasteiger partial charge in [0, 0.05) is 6.42 Å². The van der Waals surface area contributed by atoms with Crippen molar-refractivity contribution in [3.05, 3.63) is 81.5 Å². The molecule has 0 saturated carbocycles. The number of allylic oxidation sites excluding steroid dienone is 7. The van der Waals surface area contributed by atoms with Crippen LogP contribution >= 0.6 is 0 Å². The van der Waals surface area contributed by atoms with Gasteiger partial charge >= 0.3 is 0 Å². The third kappa shape index (κ3) is 13.7. The van der Waals surface area contributed by atoms with Crippen LogP contribution in [0.1, 0.15) is 129 Å². The Kier molecular flexibility index (Phi) is 17.7. The Hall–Kier alpha value is -1.94. The van der Waals surface area contributed by atoms with Crippen molar-refractivity contribution < 1.29 is 14.6 Å². The SMILES string of the molecule is CC(C)=CCOC(CC=C(C)C)(CC=C(C)C)C(CC=C(C)C)(OCC=C(C)C)C(O)(CC=C(C)C)CC=C(C)C. The maximum absolute atomic E-state index is 13.2. The van der Waals surface area contributed by atoms with E-state index in [1.54, 1.807) is 0 Å². The molecule has 0 amide bonds. The van der Waals surface area contributed by atoms with Gasteiger partial charge in [0.25, 0.3) is 0 Å². The van der Waals surface area contributed by atoms with Gasteiger partial charge in [-0.2, -0.15) is 0 Å². The second-order valence-corrected chi connectivity index (χ2v) is 13.5. The molecule has 3 nitrogen and oxygen atoms in total. The lowest BCUT2D eigenvalue weighted by Gasteiger charge is -2.57. The lowest BCUT2D eigenvalue weighted by molar-refractivity contribution is -0.274. The van der Waals surface area contributed by atoms with Crippen LogP contribution in [-0.2, 0) is 9.47 Å². The summed E-state index contributed by atoms with van der Waals surface area (Å²) in [6.07, 6.45) is 18.0. The van der Waals surface area contributed by atoms with E-state index in [2.05, 4.69) is 139 Å². The second kappa shape index (κ2) is 18.6. The number of hydrogen-bond acceptors (Lipinski definition) is 3. The normalized spacial score (nSPS) is 12.9. The van der Waals surface area contributed by atoms with Gasteiger partial charge < -0.3 is 14.6 Å². The maximum Gasteiger partial charge on any atom is 0.131 e. The van der Waals surface area contributed by atoms with Crippen LogP contribution in [0.2, 0.25) is 0 Å². The molecule has 0 radical (unpaired) electrons. The average molecular weight is 569 g/mol. The van der Waals surface area contributed by atoms with Crippen molar-refractivity contribution in [1.29, 1.82) is 0 Å². The largest absolute Gasteiger partial charge is 0.386 e. The first-order valence-corrected chi connectivity index (χ1v) is 15.4. The van der Waals surface area contributed by atoms with Crippen molar-refractivity contribution in [3.8, 4) is 0 Å². The summed E-state index contributed by atoms with van der Waals surface area (Å²) in [4.78, 5) is 0. The van der Waals surface area contributed by atoms with Gasteiger partial charge in [-0.25, -0.2) is 0 Å². The predicted octanol–water partition coefficient (Wildman–Crippen LogP) is 10.9. The fourth-order valence-corrected chi connectivity index (χ4v) is 4.74. The zero-order chi connectivity index (χ0) is 31.9. The van der Waals surface area contributed by atoms with E-state index in [1.165, 1.54) is 39.0 Å². The summed E-state index contributed by atoms with van der Waals surface area (Å²) in [7, 11) is 0. The van der Waals surface area contributed by atoms with E-state index in [9.17, 15) is 5.11 Å². The minimum Gasteiger partial charge on any atom is -0.386 e. The molecule has 0 aliphatic carbocycles. The monoisotopic (exact) mass is 568 g/mol. The minimum absolute atomic E-state index is 0.391. The molecule has 0 aromatic heterocycles. The maximum atomic E-state index is 13.2. The molecule has 0 aliphatic heterocycles. The van der Waals surface area contributed by atoms with Crippen LogP contribution in [0.4, 0.5) is 0 Å². The lowest BCUT2D eigenvalue weighted by Crippen LogP contribution is -2.69. The molecular weight excluding hydrogens is 504 g/mol. The van der Waals surface area contributed by atoms with Crippen LogP contribution in [-0.4, -0.2) is 35.1 Å². The summed E-state index contributed by atoms with van der Waals surface area (Å²) in [6, 6.07) is 0. The number of aliphatic hydroxyl groups is 1. The number of hydrogen-bond donors (Lipinski definition) is 1. The molecule has 1 atom stereocenters. The fourth-order valence-electron chi connectivity index (χ4n) is 4.74. The fraction of sp³-hybridized carbons (Fsp3) is 0.632. The molecule has 1 N–H and O–H groups in total. The first-order chi connectivity index (χ1) is 18.9. The van der Waals surface area contributed by atoms with E-state index in [0.29, 0.717) is 45.3 Å². The van der Waals surface area contributed by atoms with Gasteiger partial charge in [-0.3, -0.25) is 0 Å². The van der Waals surface area contributed by atoms with E-state index >= 15 is 0 Å². The topological polar surface area (TPSA) is 38.7 Å². The molecule has 0 saturated heterocycles. The molecule has 0 aromatic carbocycles. The molecule has 0 spiro atoms. The standard InChI is InChI=1S/C38H64O3/c1-29(2)15-22-36(39,23-16-30(3)4)38(26-19-33(9)10,41-28-21-35(13)14)37(24-17-31(5)6,25-18-32(7)8)40-27-20-34(11)12/h15-21,39H,22-28H2,1-14H3. The van der Waals surface area contributed by atoms with Crippen molar-refractivity contribution in [2.45, 2.75) is 146 Å². The van der Waals surface area contributed by atoms with Gasteiger partial charge in [-0.15, -0.1) is 0 Å². The van der Waals surface area contributed by atoms with E-state index in [1.807, 2.05) is 0 Å². The van der Waals surface area contributed by atoms with E-state index < -0.39 is 16.8 Å². The molecule has 41 heavy (non-hydrogen) atoms. The number of rotatable bonds is 18. The molecule has 0 rings (SSSR count). The molecule has 0 bridgehead atoms. The van der Waals surface area contributed by atoms with E-state index in [4.69, 9.17) is 9.47 Å². The Labute approximate surface area is 254 Å². The predicted molar refractivity (Wildman–Crippen MR) is 181 cm³/mol. The Morgan fingerprint density at radius 2 is 0.707 bits per heavy atom. The Morgan fingerprint density at radius 3 is 1.05 bits per heavy atom. The minimum atomic E-state index is -1.25. The molecule has 234 valence electrons. The van der Waals surface area contributed by atoms with Gasteiger partial charge in [0.1, 0.15) is 16.8 Å².